The number of nitrogens with one attached hydrogen (secondary N) is 1. The van der Waals surface area contributed by atoms with Gasteiger partial charge in [0.1, 0.15) is 18.1 Å². The lowest BCUT2D eigenvalue weighted by molar-refractivity contribution is 0.0734. The van der Waals surface area contributed by atoms with Gasteiger partial charge in [-0.3, -0.25) is 4.79 Å². The normalized spacial score (nSPS) is 10.7. The Morgan fingerprint density at radius 3 is 2.25 bits per heavy atom. The monoisotopic (exact) mass is 498 g/mol. The average molecular weight is 499 g/mol. The summed E-state index contributed by atoms with van der Waals surface area (Å²) in [6.07, 6.45) is 1.51. The van der Waals surface area contributed by atoms with Crippen LogP contribution in [-0.2, 0) is 6.61 Å². The Kier molecular flexibility index (Phi) is 8.11. The summed E-state index contributed by atoms with van der Waals surface area (Å²) < 4.78 is 11.1. The zero-order chi connectivity index (χ0) is 25.3. The van der Waals surface area contributed by atoms with E-state index >= 15 is 0 Å². The number of aryl methyl sites for hydroxylation is 1. The van der Waals surface area contributed by atoms with Gasteiger partial charge in [-0.25, -0.2) is 10.2 Å². The minimum atomic E-state index is -0.422. The Bertz CT molecular complexity index is 1370. The van der Waals surface area contributed by atoms with Crippen molar-refractivity contribution in [1.29, 1.82) is 0 Å². The Morgan fingerprint density at radius 1 is 0.861 bits per heavy atom. The van der Waals surface area contributed by atoms with Gasteiger partial charge in [-0.05, 0) is 90.8 Å². The molecule has 0 saturated carbocycles. The molecule has 1 N–H and O–H groups in total. The third-order valence-corrected chi connectivity index (χ3v) is 5.41. The van der Waals surface area contributed by atoms with E-state index in [0.29, 0.717) is 34.3 Å². The molecular weight excluding hydrogens is 476 g/mol. The lowest BCUT2D eigenvalue weighted by atomic mass is 10.1. The van der Waals surface area contributed by atoms with Gasteiger partial charge in [0, 0.05) is 10.6 Å². The van der Waals surface area contributed by atoms with Crippen LogP contribution in [0, 0.1) is 6.92 Å². The van der Waals surface area contributed by atoms with Crippen molar-refractivity contribution in [3.63, 3.8) is 0 Å². The zero-order valence-corrected chi connectivity index (χ0v) is 20.2. The van der Waals surface area contributed by atoms with Gasteiger partial charge in [-0.15, -0.1) is 0 Å². The van der Waals surface area contributed by atoms with Gasteiger partial charge in [-0.1, -0.05) is 41.4 Å². The zero-order valence-electron chi connectivity index (χ0n) is 19.5. The van der Waals surface area contributed by atoms with Crippen LogP contribution in [0.5, 0.6) is 11.5 Å². The molecule has 0 heterocycles. The minimum absolute atomic E-state index is 0.348. The summed E-state index contributed by atoms with van der Waals surface area (Å²) in [6, 6.07) is 28.2. The average Bonchev–Trinajstić information content (AvgIpc) is 2.89. The molecule has 0 radical (unpaired) electrons. The van der Waals surface area contributed by atoms with Crippen LogP contribution >= 0.6 is 11.6 Å². The smallest absolute Gasteiger partial charge is 0.343 e. The summed E-state index contributed by atoms with van der Waals surface area (Å²) in [7, 11) is 0. The first-order valence-electron chi connectivity index (χ1n) is 11.2. The van der Waals surface area contributed by atoms with Crippen LogP contribution in [0.15, 0.2) is 102 Å². The van der Waals surface area contributed by atoms with Crippen molar-refractivity contribution in [2.24, 2.45) is 5.10 Å². The van der Waals surface area contributed by atoms with Gasteiger partial charge < -0.3 is 9.47 Å². The summed E-state index contributed by atoms with van der Waals surface area (Å²) >= 11 is 5.89. The molecule has 7 heteroatoms. The van der Waals surface area contributed by atoms with E-state index in [9.17, 15) is 9.59 Å². The van der Waals surface area contributed by atoms with Crippen molar-refractivity contribution in [3.05, 3.63) is 130 Å². The van der Waals surface area contributed by atoms with Crippen LogP contribution in [0.2, 0.25) is 5.02 Å². The molecular formula is C29H23ClN2O4. The molecule has 0 aliphatic carbocycles. The molecule has 4 aromatic carbocycles. The fourth-order valence-electron chi connectivity index (χ4n) is 3.24. The highest BCUT2D eigenvalue weighted by molar-refractivity contribution is 6.30. The molecule has 1 amide bonds. The van der Waals surface area contributed by atoms with Gasteiger partial charge in [0.15, 0.2) is 0 Å². The predicted molar refractivity (Wildman–Crippen MR) is 140 cm³/mol. The van der Waals surface area contributed by atoms with Crippen LogP contribution in [0.1, 0.15) is 37.4 Å². The van der Waals surface area contributed by atoms with Crippen LogP contribution < -0.4 is 14.9 Å². The van der Waals surface area contributed by atoms with Gasteiger partial charge >= 0.3 is 5.97 Å². The molecule has 4 rings (SSSR count). The summed E-state index contributed by atoms with van der Waals surface area (Å²) in [5.41, 5.74) is 6.14. The number of nitrogens with zero attached hydrogens (tertiary/aromatic N) is 1. The van der Waals surface area contributed by atoms with Crippen molar-refractivity contribution in [2.45, 2.75) is 13.5 Å². The van der Waals surface area contributed by atoms with Gasteiger partial charge in [-0.2, -0.15) is 5.10 Å². The number of esters is 1. The SMILES string of the molecule is Cc1cccc(C(=O)Oc2ccc(/C=N/NC(=O)c3ccc(OCc4ccc(Cl)cc4)cc3)cc2)c1. The second-order valence-electron chi connectivity index (χ2n) is 7.97. The van der Waals surface area contributed by atoms with Crippen LogP contribution in [0.4, 0.5) is 0 Å². The molecule has 0 unspecified atom stereocenters. The lowest BCUT2D eigenvalue weighted by Gasteiger charge is -2.07. The van der Waals surface area contributed by atoms with Gasteiger partial charge in [0.05, 0.1) is 11.8 Å². The summed E-state index contributed by atoms with van der Waals surface area (Å²) in [5, 5.41) is 4.67. The number of amides is 1. The van der Waals surface area contributed by atoms with E-state index in [0.717, 1.165) is 16.7 Å². The minimum Gasteiger partial charge on any atom is -0.489 e. The molecule has 0 atom stereocenters. The third kappa shape index (κ3) is 7.04. The van der Waals surface area contributed by atoms with Crippen LogP contribution in [0.25, 0.3) is 0 Å². The third-order valence-electron chi connectivity index (χ3n) is 5.16. The largest absolute Gasteiger partial charge is 0.489 e. The van der Waals surface area contributed by atoms with Crippen LogP contribution in [-0.4, -0.2) is 18.1 Å². The highest BCUT2D eigenvalue weighted by Crippen LogP contribution is 2.17. The number of carbonyl (C=O) groups is 2. The standard InChI is InChI=1S/C29H23ClN2O4/c1-20-3-2-4-24(17-20)29(34)36-27-13-7-21(8-14-27)18-31-32-28(33)23-9-15-26(16-10-23)35-19-22-5-11-25(30)12-6-22/h2-18H,19H2,1H3,(H,32,33)/b31-18+. The summed E-state index contributed by atoms with van der Waals surface area (Å²) in [6.45, 7) is 2.31. The number of hydrogen-bond donors (Lipinski definition) is 1. The van der Waals surface area contributed by atoms with Crippen molar-refractivity contribution in [2.75, 3.05) is 0 Å². The lowest BCUT2D eigenvalue weighted by Crippen LogP contribution is -2.17. The maximum absolute atomic E-state index is 12.4. The van der Waals surface area contributed by atoms with E-state index in [1.807, 2.05) is 43.3 Å². The van der Waals surface area contributed by atoms with E-state index in [1.165, 1.54) is 6.21 Å². The van der Waals surface area contributed by atoms with Crippen molar-refractivity contribution >= 4 is 29.7 Å². The quantitative estimate of drug-likeness (QED) is 0.135. The Labute approximate surface area is 214 Å². The van der Waals surface area contributed by atoms with Gasteiger partial charge in [0.25, 0.3) is 5.91 Å². The molecule has 180 valence electrons. The van der Waals surface area contributed by atoms with E-state index in [2.05, 4.69) is 10.5 Å². The molecule has 0 aromatic heterocycles. The number of hydrogen-bond acceptors (Lipinski definition) is 5. The Morgan fingerprint density at radius 2 is 1.56 bits per heavy atom. The maximum atomic E-state index is 12.4. The van der Waals surface area contributed by atoms with Crippen molar-refractivity contribution < 1.29 is 19.1 Å². The van der Waals surface area contributed by atoms with E-state index in [1.54, 1.807) is 60.7 Å². The number of benzene rings is 4. The molecule has 0 saturated heterocycles. The molecule has 4 aromatic rings. The van der Waals surface area contributed by atoms with E-state index in [4.69, 9.17) is 21.1 Å². The first kappa shape index (κ1) is 24.7. The fraction of sp³-hybridized carbons (Fsp3) is 0.0690. The molecule has 0 aliphatic heterocycles. The molecule has 0 fully saturated rings. The second kappa shape index (κ2) is 11.8. The highest BCUT2D eigenvalue weighted by atomic mass is 35.5. The number of halogens is 1. The topological polar surface area (TPSA) is 77.0 Å². The summed E-state index contributed by atoms with van der Waals surface area (Å²) in [4.78, 5) is 24.6. The Balaban J connectivity index is 1.25. The Hall–Kier alpha value is -4.42. The van der Waals surface area contributed by atoms with E-state index < -0.39 is 5.97 Å². The van der Waals surface area contributed by atoms with Crippen molar-refractivity contribution in [3.8, 4) is 11.5 Å². The number of hydrazone groups is 1. The molecule has 0 spiro atoms. The molecule has 0 aliphatic rings. The maximum Gasteiger partial charge on any atom is 0.343 e. The first-order chi connectivity index (χ1) is 17.5. The molecule has 36 heavy (non-hydrogen) atoms. The van der Waals surface area contributed by atoms with Crippen LogP contribution in [0.3, 0.4) is 0 Å². The number of rotatable bonds is 8. The number of ether oxygens (including phenoxy) is 2. The van der Waals surface area contributed by atoms with Gasteiger partial charge in [0.2, 0.25) is 0 Å². The predicted octanol–water partition coefficient (Wildman–Crippen LogP) is 6.21. The first-order valence-corrected chi connectivity index (χ1v) is 11.5. The van der Waals surface area contributed by atoms with E-state index in [-0.39, 0.29) is 5.91 Å². The van der Waals surface area contributed by atoms with Crippen molar-refractivity contribution in [1.82, 2.24) is 5.43 Å². The highest BCUT2D eigenvalue weighted by Gasteiger charge is 2.09. The fourth-order valence-corrected chi connectivity index (χ4v) is 3.37. The molecule has 0 bridgehead atoms. The summed E-state index contributed by atoms with van der Waals surface area (Å²) in [5.74, 6) is 0.294. The molecule has 6 nitrogen and oxygen atoms in total. The number of carbonyl (C=O) groups excluding carboxylic acids is 2. The second-order valence-corrected chi connectivity index (χ2v) is 8.40.